The van der Waals surface area contributed by atoms with Crippen LogP contribution in [-0.2, 0) is 0 Å². The van der Waals surface area contributed by atoms with Crippen molar-refractivity contribution in [2.75, 3.05) is 0 Å². The summed E-state index contributed by atoms with van der Waals surface area (Å²) in [6.07, 6.45) is 3.61. The first-order valence-electron chi connectivity index (χ1n) is 5.02. The molecule has 3 rings (SSSR count). The van der Waals surface area contributed by atoms with Gasteiger partial charge in [-0.15, -0.1) is 0 Å². The van der Waals surface area contributed by atoms with Crippen LogP contribution in [0.15, 0.2) is 48.8 Å². The van der Waals surface area contributed by atoms with Crippen molar-refractivity contribution in [2.45, 2.75) is 0 Å². The summed E-state index contributed by atoms with van der Waals surface area (Å²) in [5.41, 5.74) is 3.05. The van der Waals surface area contributed by atoms with Crippen molar-refractivity contribution in [3.63, 3.8) is 0 Å². The van der Waals surface area contributed by atoms with Crippen LogP contribution < -0.4 is 0 Å². The lowest BCUT2D eigenvalue weighted by Gasteiger charge is -2.00. The van der Waals surface area contributed by atoms with Crippen molar-refractivity contribution in [1.82, 2.24) is 9.97 Å². The average molecular weight is 229 g/mol. The van der Waals surface area contributed by atoms with Crippen LogP contribution in [-0.4, -0.2) is 9.97 Å². The van der Waals surface area contributed by atoms with E-state index < -0.39 is 0 Å². The summed E-state index contributed by atoms with van der Waals surface area (Å²) in [5, 5.41) is 1.67. The summed E-state index contributed by atoms with van der Waals surface area (Å²) in [5.74, 6) is 0. The molecule has 0 saturated heterocycles. The first-order chi connectivity index (χ1) is 7.84. The number of pyridine rings is 1. The zero-order valence-electron chi connectivity index (χ0n) is 8.44. The summed E-state index contributed by atoms with van der Waals surface area (Å²) in [6.45, 7) is 0. The van der Waals surface area contributed by atoms with Crippen LogP contribution in [0.5, 0.6) is 0 Å². The smallest absolute Gasteiger partial charge is 0.138 e. The van der Waals surface area contributed by atoms with Gasteiger partial charge >= 0.3 is 0 Å². The Balaban J connectivity index is 2.22. The van der Waals surface area contributed by atoms with Gasteiger partial charge in [-0.25, -0.2) is 4.98 Å². The topological polar surface area (TPSA) is 28.7 Å². The van der Waals surface area contributed by atoms with Crippen LogP contribution >= 0.6 is 11.6 Å². The molecule has 2 nitrogen and oxygen atoms in total. The maximum absolute atomic E-state index is 6.06. The second-order valence-corrected chi connectivity index (χ2v) is 4.03. The summed E-state index contributed by atoms with van der Waals surface area (Å²) in [7, 11) is 0. The van der Waals surface area contributed by atoms with E-state index in [0.717, 1.165) is 22.2 Å². The molecule has 3 heteroatoms. The van der Waals surface area contributed by atoms with Crippen molar-refractivity contribution in [2.24, 2.45) is 0 Å². The minimum atomic E-state index is 0.709. The first-order valence-corrected chi connectivity index (χ1v) is 5.40. The molecule has 1 aromatic carbocycles. The number of nitrogens with one attached hydrogen (secondary N) is 1. The van der Waals surface area contributed by atoms with E-state index in [1.807, 2.05) is 24.4 Å². The lowest BCUT2D eigenvalue weighted by Crippen LogP contribution is -1.81. The predicted octanol–water partition coefficient (Wildman–Crippen LogP) is 3.88. The highest BCUT2D eigenvalue weighted by Crippen LogP contribution is 2.26. The Morgan fingerprint density at radius 1 is 1.06 bits per heavy atom. The fourth-order valence-corrected chi connectivity index (χ4v) is 1.96. The molecule has 16 heavy (non-hydrogen) atoms. The number of H-pyrrole nitrogens is 1. The number of hydrogen-bond acceptors (Lipinski definition) is 1. The molecule has 2 aromatic heterocycles. The van der Waals surface area contributed by atoms with E-state index in [1.165, 1.54) is 0 Å². The van der Waals surface area contributed by atoms with Crippen molar-refractivity contribution in [3.05, 3.63) is 53.8 Å². The van der Waals surface area contributed by atoms with E-state index in [0.29, 0.717) is 5.02 Å². The molecule has 0 bridgehead atoms. The van der Waals surface area contributed by atoms with Crippen LogP contribution in [0.4, 0.5) is 0 Å². The molecule has 0 spiro atoms. The fourth-order valence-electron chi connectivity index (χ4n) is 1.76. The van der Waals surface area contributed by atoms with Crippen LogP contribution in [0.25, 0.3) is 22.2 Å². The normalized spacial score (nSPS) is 10.8. The summed E-state index contributed by atoms with van der Waals surface area (Å²) in [6, 6.07) is 12.2. The van der Waals surface area contributed by atoms with Gasteiger partial charge in [0.15, 0.2) is 0 Å². The molecule has 0 saturated carbocycles. The van der Waals surface area contributed by atoms with Crippen LogP contribution in [0.2, 0.25) is 5.02 Å². The Labute approximate surface area is 97.9 Å². The summed E-state index contributed by atoms with van der Waals surface area (Å²) in [4.78, 5) is 7.36. The largest absolute Gasteiger partial charge is 0.345 e. The van der Waals surface area contributed by atoms with Gasteiger partial charge in [0.05, 0.1) is 5.02 Å². The van der Waals surface area contributed by atoms with Crippen LogP contribution in [0.3, 0.4) is 0 Å². The predicted molar refractivity (Wildman–Crippen MR) is 66.5 cm³/mol. The maximum Gasteiger partial charge on any atom is 0.138 e. The number of hydrogen-bond donors (Lipinski definition) is 1. The number of benzene rings is 1. The second kappa shape index (κ2) is 3.65. The molecule has 2 heterocycles. The average Bonchev–Trinajstić information content (AvgIpc) is 2.72. The number of rotatable bonds is 1. The van der Waals surface area contributed by atoms with Crippen LogP contribution in [0, 0.1) is 0 Å². The fraction of sp³-hybridized carbons (Fsp3) is 0. The summed E-state index contributed by atoms with van der Waals surface area (Å²) < 4.78 is 0. The lowest BCUT2D eigenvalue weighted by molar-refractivity contribution is 1.33. The van der Waals surface area contributed by atoms with Gasteiger partial charge in [-0.3, -0.25) is 0 Å². The van der Waals surface area contributed by atoms with Gasteiger partial charge < -0.3 is 4.98 Å². The Bertz CT molecular complexity index is 629. The van der Waals surface area contributed by atoms with Gasteiger partial charge in [-0.2, -0.15) is 0 Å². The molecule has 0 amide bonds. The number of aromatic nitrogens is 2. The van der Waals surface area contributed by atoms with Crippen molar-refractivity contribution >= 4 is 22.6 Å². The Hall–Kier alpha value is -1.80. The zero-order valence-corrected chi connectivity index (χ0v) is 9.20. The van der Waals surface area contributed by atoms with Gasteiger partial charge in [0, 0.05) is 23.3 Å². The Kier molecular flexibility index (Phi) is 2.15. The summed E-state index contributed by atoms with van der Waals surface area (Å²) >= 11 is 6.06. The molecular weight excluding hydrogens is 220 g/mol. The minimum absolute atomic E-state index is 0.709. The molecular formula is C13H9ClN2. The van der Waals surface area contributed by atoms with Gasteiger partial charge in [-0.05, 0) is 11.6 Å². The lowest BCUT2D eigenvalue weighted by atomic mass is 10.1. The molecule has 0 atom stereocenters. The highest BCUT2D eigenvalue weighted by Gasteiger charge is 2.04. The van der Waals surface area contributed by atoms with E-state index in [-0.39, 0.29) is 0 Å². The molecule has 0 unspecified atom stereocenters. The Morgan fingerprint density at radius 2 is 1.88 bits per heavy atom. The number of halogens is 1. The Morgan fingerprint density at radius 3 is 2.69 bits per heavy atom. The minimum Gasteiger partial charge on any atom is -0.345 e. The zero-order chi connectivity index (χ0) is 11.0. The molecule has 78 valence electrons. The van der Waals surface area contributed by atoms with E-state index in [2.05, 4.69) is 28.2 Å². The highest BCUT2D eigenvalue weighted by atomic mass is 35.5. The van der Waals surface area contributed by atoms with Crippen molar-refractivity contribution in [1.29, 1.82) is 0 Å². The van der Waals surface area contributed by atoms with Gasteiger partial charge in [-0.1, -0.05) is 41.9 Å². The SMILES string of the molecule is Clc1c[nH]c2ncc(-c3ccccc3)cc12. The van der Waals surface area contributed by atoms with Gasteiger partial charge in [0.2, 0.25) is 0 Å². The highest BCUT2D eigenvalue weighted by molar-refractivity contribution is 6.35. The molecule has 0 fully saturated rings. The molecule has 0 aliphatic rings. The maximum atomic E-state index is 6.06. The molecule has 0 aliphatic heterocycles. The monoisotopic (exact) mass is 228 g/mol. The molecule has 3 aromatic rings. The van der Waals surface area contributed by atoms with Crippen molar-refractivity contribution in [3.8, 4) is 11.1 Å². The third-order valence-corrected chi connectivity index (χ3v) is 2.90. The molecule has 0 radical (unpaired) electrons. The number of nitrogens with zero attached hydrogens (tertiary/aromatic N) is 1. The second-order valence-electron chi connectivity index (χ2n) is 3.62. The first kappa shape index (κ1) is 9.43. The number of fused-ring (bicyclic) bond motifs is 1. The molecule has 0 aliphatic carbocycles. The number of aromatic amines is 1. The van der Waals surface area contributed by atoms with Gasteiger partial charge in [0.1, 0.15) is 5.65 Å². The van der Waals surface area contributed by atoms with E-state index in [4.69, 9.17) is 11.6 Å². The standard InChI is InChI=1S/C13H9ClN2/c14-12-8-16-13-11(12)6-10(7-15-13)9-4-2-1-3-5-9/h1-8H,(H,15,16). The van der Waals surface area contributed by atoms with E-state index >= 15 is 0 Å². The molecule has 1 N–H and O–H groups in total. The quantitative estimate of drug-likeness (QED) is 0.673. The van der Waals surface area contributed by atoms with E-state index in [9.17, 15) is 0 Å². The van der Waals surface area contributed by atoms with Crippen LogP contribution in [0.1, 0.15) is 0 Å². The third kappa shape index (κ3) is 1.48. The van der Waals surface area contributed by atoms with E-state index in [1.54, 1.807) is 6.20 Å². The van der Waals surface area contributed by atoms with Crippen molar-refractivity contribution < 1.29 is 0 Å². The van der Waals surface area contributed by atoms with Gasteiger partial charge in [0.25, 0.3) is 0 Å². The third-order valence-electron chi connectivity index (χ3n) is 2.59.